The second-order valence-corrected chi connectivity index (χ2v) is 12.0. The van der Waals surface area contributed by atoms with E-state index in [9.17, 15) is 4.57 Å². The molecule has 1 rings (SSSR count). The topological polar surface area (TPSA) is 76.0 Å². The maximum absolute atomic E-state index is 11.1. The van der Waals surface area contributed by atoms with Crippen LogP contribution in [0.5, 0.6) is 0 Å². The average molecular weight is 531 g/mol. The zero-order valence-electron chi connectivity index (χ0n) is 22.1. The smallest absolute Gasteiger partial charge is 0.370 e. The Hall–Kier alpha value is -0.360. The van der Waals surface area contributed by atoms with Crippen molar-refractivity contribution in [3.05, 3.63) is 35.9 Å². The molecule has 0 saturated carbocycles. The third kappa shape index (κ3) is 22.6. The van der Waals surface area contributed by atoms with Gasteiger partial charge in [-0.25, -0.2) is 4.57 Å². The van der Waals surface area contributed by atoms with Gasteiger partial charge in [0.25, 0.3) is 0 Å². The maximum atomic E-state index is 11.1. The number of benzene rings is 1. The fourth-order valence-corrected chi connectivity index (χ4v) is 5.47. The van der Waals surface area contributed by atoms with Gasteiger partial charge >= 0.3 is 7.82 Å². The molecule has 0 bridgehead atoms. The summed E-state index contributed by atoms with van der Waals surface area (Å²) in [5, 5.41) is 0. The van der Waals surface area contributed by atoms with Crippen molar-refractivity contribution >= 4 is 19.6 Å². The van der Waals surface area contributed by atoms with E-state index in [2.05, 4.69) is 6.92 Å². The highest BCUT2D eigenvalue weighted by atomic mass is 32.2. The Morgan fingerprint density at radius 2 is 1.26 bits per heavy atom. The summed E-state index contributed by atoms with van der Waals surface area (Å²) in [6.45, 7) is 2.59. The van der Waals surface area contributed by atoms with E-state index in [1.165, 1.54) is 103 Å². The van der Waals surface area contributed by atoms with Gasteiger partial charge in [-0.15, -0.1) is 0 Å². The van der Waals surface area contributed by atoms with Gasteiger partial charge in [-0.2, -0.15) is 11.8 Å². The molecule has 0 aliphatic heterocycles. The van der Waals surface area contributed by atoms with Crippen molar-refractivity contribution in [2.45, 2.75) is 122 Å². The Labute approximate surface area is 219 Å². The van der Waals surface area contributed by atoms with Gasteiger partial charge in [-0.1, -0.05) is 134 Å². The normalized spacial score (nSPS) is 12.8. The summed E-state index contributed by atoms with van der Waals surface area (Å²) in [6, 6.07) is 9.80. The van der Waals surface area contributed by atoms with Crippen molar-refractivity contribution in [2.24, 2.45) is 0 Å². The van der Waals surface area contributed by atoms with Gasteiger partial charge in [0.1, 0.15) is 0 Å². The lowest BCUT2D eigenvalue weighted by atomic mass is 10.0. The highest BCUT2D eigenvalue weighted by Gasteiger charge is 2.19. The van der Waals surface area contributed by atoms with Crippen molar-refractivity contribution in [3.8, 4) is 0 Å². The van der Waals surface area contributed by atoms with Crippen molar-refractivity contribution in [2.75, 3.05) is 18.1 Å². The highest BCUT2D eigenvalue weighted by molar-refractivity contribution is 7.99. The minimum atomic E-state index is -4.48. The molecule has 204 valence electrons. The number of rotatable bonds is 25. The molecule has 5 nitrogen and oxygen atoms in total. The van der Waals surface area contributed by atoms with Crippen molar-refractivity contribution in [3.63, 3.8) is 0 Å². The van der Waals surface area contributed by atoms with Crippen LogP contribution in [0.25, 0.3) is 0 Å². The summed E-state index contributed by atoms with van der Waals surface area (Å²) >= 11 is 1.78. The number of hydrogen-bond donors (Lipinski definition) is 2. The Morgan fingerprint density at radius 1 is 0.771 bits per heavy atom. The first-order valence-electron chi connectivity index (χ1n) is 13.9. The van der Waals surface area contributed by atoms with E-state index in [4.69, 9.17) is 19.0 Å². The van der Waals surface area contributed by atoms with Gasteiger partial charge in [-0.05, 0) is 17.7 Å². The molecule has 0 amide bonds. The second kappa shape index (κ2) is 22.8. The SMILES string of the molecule is CCCCCCCCCCCCCCCCCCSCC(COP(=O)(O)O)OCc1ccccc1. The Balaban J connectivity index is 1.96. The van der Waals surface area contributed by atoms with E-state index < -0.39 is 7.82 Å². The number of unbranched alkanes of at least 4 members (excludes halogenated alkanes) is 15. The lowest BCUT2D eigenvalue weighted by Crippen LogP contribution is -2.22. The lowest BCUT2D eigenvalue weighted by molar-refractivity contribution is 0.0163. The van der Waals surface area contributed by atoms with Gasteiger partial charge in [0.15, 0.2) is 0 Å². The van der Waals surface area contributed by atoms with Crippen LogP contribution in [-0.4, -0.2) is 34.0 Å². The van der Waals surface area contributed by atoms with E-state index in [0.717, 1.165) is 11.3 Å². The number of phosphoric acid groups is 1. The minimum absolute atomic E-state index is 0.0942. The van der Waals surface area contributed by atoms with Crippen LogP contribution in [0.4, 0.5) is 0 Å². The molecular weight excluding hydrogens is 479 g/mol. The molecule has 1 aromatic carbocycles. The summed E-state index contributed by atoms with van der Waals surface area (Å²) in [5.41, 5.74) is 1.04. The average Bonchev–Trinajstić information content (AvgIpc) is 2.84. The number of phosphoric ester groups is 1. The predicted octanol–water partition coefficient (Wildman–Crippen LogP) is 8.68. The van der Waals surface area contributed by atoms with Crippen molar-refractivity contribution < 1.29 is 23.6 Å². The number of thioether (sulfide) groups is 1. The first-order valence-corrected chi connectivity index (χ1v) is 16.6. The summed E-state index contributed by atoms with van der Waals surface area (Å²) in [5.74, 6) is 1.71. The zero-order chi connectivity index (χ0) is 25.5. The molecule has 0 aliphatic carbocycles. The standard InChI is InChI=1S/C28H51O5PS/c1-2-3-4-5-6-7-8-9-10-11-12-13-14-15-16-20-23-35-26-28(25-33-34(29,30)31)32-24-27-21-18-17-19-22-27/h17-19,21-22,28H,2-16,20,23-26H2,1H3,(H2,29,30,31). The third-order valence-electron chi connectivity index (χ3n) is 6.20. The summed E-state index contributed by atoms with van der Waals surface area (Å²) in [6.07, 6.45) is 21.6. The number of hydrogen-bond acceptors (Lipinski definition) is 4. The van der Waals surface area contributed by atoms with Gasteiger partial charge in [-0.3, -0.25) is 4.52 Å². The zero-order valence-corrected chi connectivity index (χ0v) is 23.8. The van der Waals surface area contributed by atoms with Crippen LogP contribution in [0.2, 0.25) is 0 Å². The largest absolute Gasteiger partial charge is 0.469 e. The Bertz CT molecular complexity index is 625. The number of ether oxygens (including phenoxy) is 1. The first-order chi connectivity index (χ1) is 17.0. The fourth-order valence-electron chi connectivity index (χ4n) is 4.08. The molecule has 0 radical (unpaired) electrons. The van der Waals surface area contributed by atoms with Crippen LogP contribution in [0, 0.1) is 0 Å². The van der Waals surface area contributed by atoms with E-state index in [1.807, 2.05) is 30.3 Å². The van der Waals surface area contributed by atoms with Crippen LogP contribution < -0.4 is 0 Å². The fraction of sp³-hybridized carbons (Fsp3) is 0.786. The first kappa shape index (κ1) is 32.7. The molecule has 0 spiro atoms. The summed E-state index contributed by atoms with van der Waals surface area (Å²) in [4.78, 5) is 18.0. The Morgan fingerprint density at radius 3 is 1.74 bits per heavy atom. The molecule has 1 aromatic rings. The molecule has 0 aromatic heterocycles. The minimum Gasteiger partial charge on any atom is -0.370 e. The molecule has 0 saturated heterocycles. The molecule has 0 aliphatic rings. The van der Waals surface area contributed by atoms with E-state index in [1.54, 1.807) is 11.8 Å². The van der Waals surface area contributed by atoms with E-state index in [0.29, 0.717) is 12.4 Å². The highest BCUT2D eigenvalue weighted by Crippen LogP contribution is 2.36. The summed E-state index contributed by atoms with van der Waals surface area (Å²) < 4.78 is 21.6. The van der Waals surface area contributed by atoms with E-state index >= 15 is 0 Å². The van der Waals surface area contributed by atoms with Crippen LogP contribution in [0.15, 0.2) is 30.3 Å². The molecule has 7 heteroatoms. The van der Waals surface area contributed by atoms with Crippen LogP contribution in [-0.2, 0) is 20.4 Å². The molecular formula is C28H51O5PS. The van der Waals surface area contributed by atoms with Crippen molar-refractivity contribution in [1.82, 2.24) is 0 Å². The Kier molecular flexibility index (Phi) is 21.3. The molecule has 2 N–H and O–H groups in total. The molecule has 0 heterocycles. The van der Waals surface area contributed by atoms with E-state index in [-0.39, 0.29) is 12.7 Å². The van der Waals surface area contributed by atoms with Gasteiger partial charge in [0.05, 0.1) is 19.3 Å². The van der Waals surface area contributed by atoms with Crippen LogP contribution in [0.3, 0.4) is 0 Å². The quantitative estimate of drug-likeness (QED) is 0.0973. The van der Waals surface area contributed by atoms with Gasteiger partial charge in [0, 0.05) is 5.75 Å². The molecule has 35 heavy (non-hydrogen) atoms. The predicted molar refractivity (Wildman–Crippen MR) is 150 cm³/mol. The monoisotopic (exact) mass is 530 g/mol. The van der Waals surface area contributed by atoms with Crippen molar-refractivity contribution in [1.29, 1.82) is 0 Å². The van der Waals surface area contributed by atoms with Crippen LogP contribution >= 0.6 is 19.6 Å². The molecule has 1 atom stereocenters. The molecule has 1 unspecified atom stereocenters. The van der Waals surface area contributed by atoms with Crippen LogP contribution in [0.1, 0.15) is 115 Å². The van der Waals surface area contributed by atoms with Gasteiger partial charge in [0.2, 0.25) is 0 Å². The second-order valence-electron chi connectivity index (χ2n) is 9.58. The molecule has 0 fully saturated rings. The third-order valence-corrected chi connectivity index (χ3v) is 7.87. The van der Waals surface area contributed by atoms with Gasteiger partial charge < -0.3 is 14.5 Å². The maximum Gasteiger partial charge on any atom is 0.469 e. The lowest BCUT2D eigenvalue weighted by Gasteiger charge is -2.18. The summed E-state index contributed by atoms with van der Waals surface area (Å²) in [7, 11) is -4.48.